The number of rotatable bonds is 11. The molecule has 0 aliphatic carbocycles. The van der Waals surface area contributed by atoms with Crippen molar-refractivity contribution in [2.45, 2.75) is 32.6 Å². The first-order valence-electron chi connectivity index (χ1n) is 7.07. The van der Waals surface area contributed by atoms with E-state index >= 15 is 0 Å². The third kappa shape index (κ3) is 6.79. The SMILES string of the molecule is CCNc1nc(NCCCCCCSC)nc(OC)n1. The van der Waals surface area contributed by atoms with E-state index in [1.807, 2.05) is 18.7 Å². The van der Waals surface area contributed by atoms with Crippen molar-refractivity contribution in [1.29, 1.82) is 0 Å². The van der Waals surface area contributed by atoms with Crippen LogP contribution >= 0.6 is 11.8 Å². The number of hydrogen-bond donors (Lipinski definition) is 2. The molecule has 0 amide bonds. The van der Waals surface area contributed by atoms with Crippen LogP contribution in [-0.2, 0) is 0 Å². The third-order valence-electron chi connectivity index (χ3n) is 2.69. The molecule has 0 saturated carbocycles. The van der Waals surface area contributed by atoms with E-state index in [-0.39, 0.29) is 0 Å². The fourth-order valence-electron chi connectivity index (χ4n) is 1.69. The average molecular weight is 299 g/mol. The molecule has 1 aromatic heterocycles. The highest BCUT2D eigenvalue weighted by Gasteiger charge is 2.05. The highest BCUT2D eigenvalue weighted by molar-refractivity contribution is 7.98. The third-order valence-corrected chi connectivity index (χ3v) is 3.39. The van der Waals surface area contributed by atoms with Gasteiger partial charge in [0.05, 0.1) is 7.11 Å². The zero-order valence-electron chi connectivity index (χ0n) is 12.6. The number of aromatic nitrogens is 3. The van der Waals surface area contributed by atoms with Crippen LogP contribution in [0.4, 0.5) is 11.9 Å². The second-order valence-corrected chi connectivity index (χ2v) is 5.32. The molecule has 20 heavy (non-hydrogen) atoms. The zero-order valence-corrected chi connectivity index (χ0v) is 13.4. The van der Waals surface area contributed by atoms with Crippen LogP contribution in [0.15, 0.2) is 0 Å². The van der Waals surface area contributed by atoms with Gasteiger partial charge in [-0.1, -0.05) is 12.8 Å². The summed E-state index contributed by atoms with van der Waals surface area (Å²) in [5.41, 5.74) is 0. The molecule has 2 N–H and O–H groups in total. The Kier molecular flexibility index (Phi) is 8.86. The predicted molar refractivity (Wildman–Crippen MR) is 85.9 cm³/mol. The summed E-state index contributed by atoms with van der Waals surface area (Å²) in [6.45, 7) is 3.64. The highest BCUT2D eigenvalue weighted by atomic mass is 32.2. The predicted octanol–water partition coefficient (Wildman–Crippen LogP) is 2.65. The lowest BCUT2D eigenvalue weighted by molar-refractivity contribution is 0.379. The van der Waals surface area contributed by atoms with Crippen LogP contribution in [0.1, 0.15) is 32.6 Å². The maximum Gasteiger partial charge on any atom is 0.322 e. The molecule has 114 valence electrons. The van der Waals surface area contributed by atoms with Gasteiger partial charge in [0, 0.05) is 13.1 Å². The van der Waals surface area contributed by atoms with E-state index < -0.39 is 0 Å². The number of hydrogen-bond acceptors (Lipinski definition) is 7. The largest absolute Gasteiger partial charge is 0.467 e. The summed E-state index contributed by atoms with van der Waals surface area (Å²) in [7, 11) is 1.56. The maximum absolute atomic E-state index is 5.07. The molecule has 6 nitrogen and oxygen atoms in total. The number of ether oxygens (including phenoxy) is 1. The van der Waals surface area contributed by atoms with Gasteiger partial charge < -0.3 is 15.4 Å². The molecule has 0 bridgehead atoms. The lowest BCUT2D eigenvalue weighted by Gasteiger charge is -2.08. The van der Waals surface area contributed by atoms with Crippen molar-refractivity contribution >= 4 is 23.7 Å². The summed E-state index contributed by atoms with van der Waals surface area (Å²) in [5, 5.41) is 6.28. The average Bonchev–Trinajstić information content (AvgIpc) is 2.46. The number of nitrogens with zero attached hydrogens (tertiary/aromatic N) is 3. The number of anilines is 2. The first kappa shape index (κ1) is 16.8. The Morgan fingerprint density at radius 2 is 1.70 bits per heavy atom. The zero-order chi connectivity index (χ0) is 14.6. The van der Waals surface area contributed by atoms with Gasteiger partial charge in [0.25, 0.3) is 0 Å². The van der Waals surface area contributed by atoms with E-state index in [9.17, 15) is 0 Å². The van der Waals surface area contributed by atoms with Crippen LogP contribution in [0.2, 0.25) is 0 Å². The Balaban J connectivity index is 2.33. The van der Waals surface area contributed by atoms with Gasteiger partial charge >= 0.3 is 6.01 Å². The van der Waals surface area contributed by atoms with Gasteiger partial charge in [-0.15, -0.1) is 0 Å². The van der Waals surface area contributed by atoms with Crippen molar-refractivity contribution in [2.75, 3.05) is 42.8 Å². The van der Waals surface area contributed by atoms with Crippen LogP contribution in [0, 0.1) is 0 Å². The molecule has 0 aromatic carbocycles. The van der Waals surface area contributed by atoms with Gasteiger partial charge in [-0.3, -0.25) is 0 Å². The van der Waals surface area contributed by atoms with Gasteiger partial charge in [-0.05, 0) is 31.8 Å². The molecule has 0 spiro atoms. The summed E-state index contributed by atoms with van der Waals surface area (Å²) < 4.78 is 5.07. The molecule has 1 aromatic rings. The van der Waals surface area contributed by atoms with Crippen LogP contribution in [-0.4, -0.2) is 47.2 Å². The highest BCUT2D eigenvalue weighted by Crippen LogP contribution is 2.11. The minimum Gasteiger partial charge on any atom is -0.467 e. The summed E-state index contributed by atoms with van der Waals surface area (Å²) in [6.07, 6.45) is 7.09. The Hall–Kier alpha value is -1.24. The Morgan fingerprint density at radius 1 is 1.00 bits per heavy atom. The van der Waals surface area contributed by atoms with Crippen LogP contribution in [0.25, 0.3) is 0 Å². The summed E-state index contributed by atoms with van der Waals surface area (Å²) in [6, 6.07) is 0.332. The molecule has 0 saturated heterocycles. The van der Waals surface area contributed by atoms with E-state index in [4.69, 9.17) is 4.74 Å². The van der Waals surface area contributed by atoms with E-state index in [1.165, 1.54) is 25.0 Å². The summed E-state index contributed by atoms with van der Waals surface area (Å²) >= 11 is 1.91. The Morgan fingerprint density at radius 3 is 2.35 bits per heavy atom. The Bertz CT molecular complexity index is 378. The summed E-state index contributed by atoms with van der Waals surface area (Å²) in [5.74, 6) is 2.36. The second kappa shape index (κ2) is 10.5. The van der Waals surface area contributed by atoms with Gasteiger partial charge in [0.15, 0.2) is 0 Å². The molecular weight excluding hydrogens is 274 g/mol. The minimum absolute atomic E-state index is 0.332. The van der Waals surface area contributed by atoms with Crippen LogP contribution in [0.5, 0.6) is 6.01 Å². The van der Waals surface area contributed by atoms with Crippen molar-refractivity contribution in [2.24, 2.45) is 0 Å². The second-order valence-electron chi connectivity index (χ2n) is 4.33. The molecule has 7 heteroatoms. The van der Waals surface area contributed by atoms with Crippen molar-refractivity contribution in [1.82, 2.24) is 15.0 Å². The molecule has 0 radical (unpaired) electrons. The quantitative estimate of drug-likeness (QED) is 0.609. The van der Waals surface area contributed by atoms with Crippen molar-refractivity contribution < 1.29 is 4.74 Å². The lowest BCUT2D eigenvalue weighted by Crippen LogP contribution is -2.10. The van der Waals surface area contributed by atoms with Crippen molar-refractivity contribution in [3.8, 4) is 6.01 Å². The smallest absolute Gasteiger partial charge is 0.322 e. The van der Waals surface area contributed by atoms with Crippen molar-refractivity contribution in [3.05, 3.63) is 0 Å². The topological polar surface area (TPSA) is 72.0 Å². The molecule has 1 rings (SSSR count). The first-order valence-corrected chi connectivity index (χ1v) is 8.46. The van der Waals surface area contributed by atoms with Crippen LogP contribution in [0.3, 0.4) is 0 Å². The van der Waals surface area contributed by atoms with Gasteiger partial charge in [0.2, 0.25) is 11.9 Å². The molecule has 0 atom stereocenters. The molecule has 1 heterocycles. The molecule has 0 aliphatic rings. The Labute approximate surface area is 125 Å². The fourth-order valence-corrected chi connectivity index (χ4v) is 2.18. The molecule has 0 aliphatic heterocycles. The monoisotopic (exact) mass is 299 g/mol. The minimum atomic E-state index is 0.332. The fraction of sp³-hybridized carbons (Fsp3) is 0.769. The first-order chi connectivity index (χ1) is 9.80. The van der Waals surface area contributed by atoms with E-state index in [0.717, 1.165) is 19.5 Å². The normalized spacial score (nSPS) is 10.3. The van der Waals surface area contributed by atoms with Gasteiger partial charge in [-0.2, -0.15) is 26.7 Å². The van der Waals surface area contributed by atoms with E-state index in [1.54, 1.807) is 7.11 Å². The molecular formula is C13H25N5OS. The van der Waals surface area contributed by atoms with Crippen LogP contribution < -0.4 is 15.4 Å². The van der Waals surface area contributed by atoms with Gasteiger partial charge in [0.1, 0.15) is 0 Å². The standard InChI is InChI=1S/C13H25N5OS/c1-4-14-11-16-12(18-13(17-11)19-2)15-9-7-5-6-8-10-20-3/h4-10H2,1-3H3,(H2,14,15,16,17,18). The number of unbranched alkanes of at least 4 members (excludes halogenated alkanes) is 3. The maximum atomic E-state index is 5.07. The number of thioether (sulfide) groups is 1. The van der Waals surface area contributed by atoms with E-state index in [2.05, 4.69) is 31.8 Å². The number of methoxy groups -OCH3 is 1. The molecule has 0 unspecified atom stereocenters. The van der Waals surface area contributed by atoms with E-state index in [0.29, 0.717) is 17.9 Å². The van der Waals surface area contributed by atoms with Crippen molar-refractivity contribution in [3.63, 3.8) is 0 Å². The molecule has 0 fully saturated rings. The summed E-state index contributed by atoms with van der Waals surface area (Å²) in [4.78, 5) is 12.6. The number of nitrogens with one attached hydrogen (secondary N) is 2. The lowest BCUT2D eigenvalue weighted by atomic mass is 10.2. The van der Waals surface area contributed by atoms with Gasteiger partial charge in [-0.25, -0.2) is 0 Å².